The van der Waals surface area contributed by atoms with E-state index in [0.29, 0.717) is 25.3 Å². The Bertz CT molecular complexity index is 1250. The van der Waals surface area contributed by atoms with E-state index in [1.807, 2.05) is 63.2 Å². The second kappa shape index (κ2) is 12.5. The third-order valence-corrected chi connectivity index (χ3v) is 6.92. The van der Waals surface area contributed by atoms with Crippen LogP contribution in [0.1, 0.15) is 43.7 Å². The molecular weight excluding hydrogens is 474 g/mol. The van der Waals surface area contributed by atoms with Gasteiger partial charge in [0.05, 0.1) is 23.6 Å². The van der Waals surface area contributed by atoms with Crippen LogP contribution in [0.2, 0.25) is 0 Å². The van der Waals surface area contributed by atoms with Crippen molar-refractivity contribution in [1.29, 1.82) is 0 Å². The summed E-state index contributed by atoms with van der Waals surface area (Å²) in [6, 6.07) is 22.2. The van der Waals surface area contributed by atoms with E-state index in [9.17, 15) is 4.79 Å². The SMILES string of the molecule is CCC(C)OOC(=O)CCc1ccc(OCCc2nc(-c3ccc(-c4ccccc4)s3)oc2C)cc1. The Hall–Kier alpha value is -3.42. The number of benzene rings is 2. The average molecular weight is 506 g/mol. The molecule has 7 heteroatoms. The van der Waals surface area contributed by atoms with Crippen LogP contribution in [0.4, 0.5) is 0 Å². The van der Waals surface area contributed by atoms with Gasteiger partial charge in [-0.05, 0) is 62.1 Å². The number of carbonyl (C=O) groups is 1. The monoisotopic (exact) mass is 505 g/mol. The summed E-state index contributed by atoms with van der Waals surface area (Å²) < 4.78 is 11.9. The molecule has 0 bridgehead atoms. The summed E-state index contributed by atoms with van der Waals surface area (Å²) in [6.07, 6.45) is 2.19. The van der Waals surface area contributed by atoms with Gasteiger partial charge in [-0.15, -0.1) is 11.3 Å². The predicted molar refractivity (Wildman–Crippen MR) is 141 cm³/mol. The first-order valence-electron chi connectivity index (χ1n) is 12.2. The lowest BCUT2D eigenvalue weighted by molar-refractivity contribution is -0.294. The molecule has 188 valence electrons. The molecule has 0 radical (unpaired) electrons. The fraction of sp³-hybridized carbons (Fsp3) is 0.310. The van der Waals surface area contributed by atoms with Crippen molar-refractivity contribution in [2.75, 3.05) is 6.61 Å². The molecule has 6 nitrogen and oxygen atoms in total. The zero-order valence-corrected chi connectivity index (χ0v) is 21.7. The summed E-state index contributed by atoms with van der Waals surface area (Å²) in [6.45, 7) is 6.26. The number of rotatable bonds is 12. The smallest absolute Gasteiger partial charge is 0.342 e. The van der Waals surface area contributed by atoms with Crippen molar-refractivity contribution < 1.29 is 23.7 Å². The minimum atomic E-state index is -0.364. The zero-order chi connectivity index (χ0) is 25.3. The molecule has 36 heavy (non-hydrogen) atoms. The zero-order valence-electron chi connectivity index (χ0n) is 20.9. The molecule has 1 atom stereocenters. The van der Waals surface area contributed by atoms with E-state index in [4.69, 9.17) is 23.9 Å². The van der Waals surface area contributed by atoms with Gasteiger partial charge in [-0.1, -0.05) is 49.4 Å². The van der Waals surface area contributed by atoms with Gasteiger partial charge in [0.25, 0.3) is 0 Å². The molecule has 2 heterocycles. The van der Waals surface area contributed by atoms with E-state index in [-0.39, 0.29) is 18.5 Å². The van der Waals surface area contributed by atoms with Crippen LogP contribution < -0.4 is 4.74 Å². The van der Waals surface area contributed by atoms with Gasteiger partial charge in [-0.2, -0.15) is 4.89 Å². The van der Waals surface area contributed by atoms with Gasteiger partial charge in [0.2, 0.25) is 5.89 Å². The van der Waals surface area contributed by atoms with Crippen LogP contribution in [-0.4, -0.2) is 23.7 Å². The van der Waals surface area contributed by atoms with Crippen LogP contribution >= 0.6 is 11.3 Å². The second-order valence-electron chi connectivity index (χ2n) is 8.56. The Labute approximate surface area is 215 Å². The summed E-state index contributed by atoms with van der Waals surface area (Å²) in [5.41, 5.74) is 3.12. The highest BCUT2D eigenvalue weighted by Gasteiger charge is 2.14. The first-order valence-corrected chi connectivity index (χ1v) is 13.0. The number of ether oxygens (including phenoxy) is 1. The number of aromatic nitrogens is 1. The lowest BCUT2D eigenvalue weighted by atomic mass is 10.1. The van der Waals surface area contributed by atoms with Gasteiger partial charge in [0, 0.05) is 11.3 Å². The first-order chi connectivity index (χ1) is 17.5. The molecule has 0 spiro atoms. The van der Waals surface area contributed by atoms with E-state index in [2.05, 4.69) is 24.3 Å². The van der Waals surface area contributed by atoms with Crippen molar-refractivity contribution in [3.05, 3.63) is 83.7 Å². The number of aryl methyl sites for hydroxylation is 2. The highest BCUT2D eigenvalue weighted by Crippen LogP contribution is 2.34. The minimum absolute atomic E-state index is 0.0961. The van der Waals surface area contributed by atoms with Gasteiger partial charge in [0.15, 0.2) is 0 Å². The Morgan fingerprint density at radius 2 is 1.75 bits per heavy atom. The normalized spacial score (nSPS) is 11.9. The van der Waals surface area contributed by atoms with Gasteiger partial charge < -0.3 is 9.15 Å². The van der Waals surface area contributed by atoms with Crippen molar-refractivity contribution in [3.8, 4) is 27.0 Å². The minimum Gasteiger partial charge on any atom is -0.493 e. The molecule has 1 unspecified atom stereocenters. The maximum absolute atomic E-state index is 11.8. The predicted octanol–water partition coefficient (Wildman–Crippen LogP) is 7.21. The van der Waals surface area contributed by atoms with Gasteiger partial charge in [-0.3, -0.25) is 4.89 Å². The third-order valence-electron chi connectivity index (χ3n) is 5.80. The van der Waals surface area contributed by atoms with Crippen molar-refractivity contribution in [1.82, 2.24) is 4.98 Å². The van der Waals surface area contributed by atoms with E-state index in [1.54, 1.807) is 11.3 Å². The van der Waals surface area contributed by atoms with Gasteiger partial charge >= 0.3 is 5.97 Å². The first kappa shape index (κ1) is 25.7. The standard InChI is InChI=1S/C29H31NO5S/c1-4-20(2)34-35-28(31)17-12-22-10-13-24(14-11-22)32-19-18-25-21(3)33-29(30-25)27-16-15-26(36-27)23-8-6-5-7-9-23/h5-11,13-16,20H,4,12,17-19H2,1-3H3. The van der Waals surface area contributed by atoms with Gasteiger partial charge in [0.1, 0.15) is 17.6 Å². The fourth-order valence-electron chi connectivity index (χ4n) is 3.49. The highest BCUT2D eigenvalue weighted by atomic mass is 32.1. The summed E-state index contributed by atoms with van der Waals surface area (Å²) >= 11 is 1.67. The fourth-order valence-corrected chi connectivity index (χ4v) is 4.42. The summed E-state index contributed by atoms with van der Waals surface area (Å²) in [5.74, 6) is 1.86. The average Bonchev–Trinajstić information content (AvgIpc) is 3.54. The molecule has 0 N–H and O–H groups in total. The Balaban J connectivity index is 1.25. The largest absolute Gasteiger partial charge is 0.493 e. The summed E-state index contributed by atoms with van der Waals surface area (Å²) in [5, 5.41) is 0. The number of nitrogens with zero attached hydrogens (tertiary/aromatic N) is 1. The molecule has 0 aliphatic carbocycles. The number of thiophene rings is 1. The number of carbonyl (C=O) groups excluding carboxylic acids is 1. The van der Waals surface area contributed by atoms with E-state index in [0.717, 1.165) is 34.1 Å². The number of hydrogen-bond acceptors (Lipinski definition) is 7. The topological polar surface area (TPSA) is 70.8 Å². The van der Waals surface area contributed by atoms with Gasteiger partial charge in [-0.25, -0.2) is 9.78 Å². The molecule has 2 aromatic carbocycles. The molecule has 0 aliphatic heterocycles. The van der Waals surface area contributed by atoms with E-state index >= 15 is 0 Å². The second-order valence-corrected chi connectivity index (χ2v) is 9.65. The Morgan fingerprint density at radius 3 is 2.50 bits per heavy atom. The maximum Gasteiger partial charge on any atom is 0.342 e. The quantitative estimate of drug-likeness (QED) is 0.150. The molecule has 2 aromatic heterocycles. The van der Waals surface area contributed by atoms with Crippen LogP contribution in [-0.2, 0) is 27.4 Å². The van der Waals surface area contributed by atoms with Crippen LogP contribution in [0.15, 0.2) is 71.1 Å². The molecule has 0 saturated carbocycles. The van der Waals surface area contributed by atoms with E-state index in [1.165, 1.54) is 10.4 Å². The summed E-state index contributed by atoms with van der Waals surface area (Å²) in [4.78, 5) is 28.5. The molecule has 0 fully saturated rings. The van der Waals surface area contributed by atoms with Crippen molar-refractivity contribution in [2.24, 2.45) is 0 Å². The molecule has 4 rings (SSSR count). The van der Waals surface area contributed by atoms with Crippen LogP contribution in [0.25, 0.3) is 21.2 Å². The Morgan fingerprint density at radius 1 is 1.00 bits per heavy atom. The molecule has 0 aliphatic rings. The number of oxazole rings is 1. The van der Waals surface area contributed by atoms with Crippen molar-refractivity contribution in [3.63, 3.8) is 0 Å². The molecule has 4 aromatic rings. The van der Waals surface area contributed by atoms with E-state index < -0.39 is 0 Å². The Kier molecular flexibility index (Phi) is 8.92. The lowest BCUT2D eigenvalue weighted by Gasteiger charge is -2.09. The number of hydrogen-bond donors (Lipinski definition) is 0. The molecule has 0 saturated heterocycles. The van der Waals surface area contributed by atoms with Crippen molar-refractivity contribution in [2.45, 2.75) is 52.6 Å². The van der Waals surface area contributed by atoms with Crippen molar-refractivity contribution >= 4 is 17.3 Å². The molecule has 0 amide bonds. The maximum atomic E-state index is 11.8. The van der Waals surface area contributed by atoms with Crippen LogP contribution in [0.3, 0.4) is 0 Å². The summed E-state index contributed by atoms with van der Waals surface area (Å²) in [7, 11) is 0. The lowest BCUT2D eigenvalue weighted by Crippen LogP contribution is -2.13. The van der Waals surface area contributed by atoms with Crippen LogP contribution in [0, 0.1) is 6.92 Å². The molecular formula is C29H31NO5S. The van der Waals surface area contributed by atoms with Crippen LogP contribution in [0.5, 0.6) is 5.75 Å². The highest BCUT2D eigenvalue weighted by molar-refractivity contribution is 7.18. The third kappa shape index (κ3) is 7.06.